The van der Waals surface area contributed by atoms with Crippen LogP contribution in [0.1, 0.15) is 41.1 Å². The minimum Gasteiger partial charge on any atom is -0.227 e. The van der Waals surface area contributed by atoms with E-state index in [1.807, 2.05) is 6.07 Å². The zero-order chi connectivity index (χ0) is 24.1. The molecular weight excluding hydrogens is 465 g/mol. The third-order valence-electron chi connectivity index (χ3n) is 5.53. The molecule has 172 valence electrons. The molecule has 0 bridgehead atoms. The van der Waals surface area contributed by atoms with Crippen molar-refractivity contribution in [2.75, 3.05) is 0 Å². The monoisotopic (exact) mass is 482 g/mol. The molecule has 2 heterocycles. The Balaban J connectivity index is 1.55. The van der Waals surface area contributed by atoms with Gasteiger partial charge in [0.05, 0.1) is 27.9 Å². The van der Waals surface area contributed by atoms with Gasteiger partial charge < -0.3 is 0 Å². The van der Waals surface area contributed by atoms with Crippen LogP contribution in [0.15, 0.2) is 65.7 Å². The van der Waals surface area contributed by atoms with Gasteiger partial charge in [0, 0.05) is 22.7 Å². The summed E-state index contributed by atoms with van der Waals surface area (Å²) in [5.41, 5.74) is 2.96. The first-order chi connectivity index (χ1) is 16.1. The van der Waals surface area contributed by atoms with E-state index in [1.165, 1.54) is 24.3 Å². The number of fused-ring (bicyclic) bond motifs is 1. The Labute approximate surface area is 193 Å². The van der Waals surface area contributed by atoms with Crippen molar-refractivity contribution in [3.8, 4) is 23.1 Å². The van der Waals surface area contributed by atoms with E-state index >= 15 is 0 Å². The van der Waals surface area contributed by atoms with Gasteiger partial charge in [0.25, 0.3) is 0 Å². The van der Waals surface area contributed by atoms with E-state index < -0.39 is 21.8 Å². The number of rotatable bonds is 3. The molecule has 1 fully saturated rings. The lowest BCUT2D eigenvalue weighted by Crippen LogP contribution is -2.11. The standard InChI is InChI=1S/C24H17F3N4O2S/c25-24(26,27)19-9-7-16(8-10-19)21-13-22(17-5-6-17)31-23(30-21)18(14-29-31)4-1-15-2-11-20(12-3-15)34(28,32)33/h2-3,7-14,17H,5-6H2,(H2,28,32,33). The molecule has 2 aromatic carbocycles. The zero-order valence-corrected chi connectivity index (χ0v) is 18.4. The van der Waals surface area contributed by atoms with Crippen LogP contribution < -0.4 is 5.14 Å². The molecule has 10 heteroatoms. The number of primary sulfonamides is 1. The van der Waals surface area contributed by atoms with Crippen LogP contribution in [0, 0.1) is 11.8 Å². The Bertz CT molecular complexity index is 1560. The summed E-state index contributed by atoms with van der Waals surface area (Å²) in [6.45, 7) is 0. The predicted octanol–water partition coefficient (Wildman–Crippen LogP) is 4.34. The number of nitrogens with two attached hydrogens (primary N) is 1. The molecule has 2 N–H and O–H groups in total. The number of sulfonamides is 1. The summed E-state index contributed by atoms with van der Waals surface area (Å²) in [5, 5.41) is 9.54. The number of hydrogen-bond acceptors (Lipinski definition) is 4. The molecule has 0 amide bonds. The Morgan fingerprint density at radius 3 is 2.26 bits per heavy atom. The van der Waals surface area contributed by atoms with Gasteiger partial charge >= 0.3 is 6.18 Å². The van der Waals surface area contributed by atoms with Crippen molar-refractivity contribution in [2.45, 2.75) is 29.8 Å². The van der Waals surface area contributed by atoms with Crippen molar-refractivity contribution >= 4 is 15.7 Å². The average molecular weight is 482 g/mol. The second-order valence-electron chi connectivity index (χ2n) is 8.03. The number of hydrogen-bond donors (Lipinski definition) is 1. The molecule has 1 aliphatic rings. The van der Waals surface area contributed by atoms with Gasteiger partial charge in [0.2, 0.25) is 10.0 Å². The van der Waals surface area contributed by atoms with E-state index in [0.717, 1.165) is 30.7 Å². The summed E-state index contributed by atoms with van der Waals surface area (Å²) in [7, 11) is -3.79. The van der Waals surface area contributed by atoms with Crippen LogP contribution in [-0.4, -0.2) is 23.0 Å². The van der Waals surface area contributed by atoms with Crippen molar-refractivity contribution in [3.05, 3.63) is 83.2 Å². The first kappa shape index (κ1) is 22.1. The maximum atomic E-state index is 12.9. The first-order valence-corrected chi connectivity index (χ1v) is 11.9. The Morgan fingerprint density at radius 2 is 1.68 bits per heavy atom. The molecule has 0 spiro atoms. The third-order valence-corrected chi connectivity index (χ3v) is 6.46. The third kappa shape index (κ3) is 4.40. The summed E-state index contributed by atoms with van der Waals surface area (Å²) in [5.74, 6) is 6.28. The fourth-order valence-electron chi connectivity index (χ4n) is 3.59. The summed E-state index contributed by atoms with van der Waals surface area (Å²) >= 11 is 0. The van der Waals surface area contributed by atoms with Crippen LogP contribution in [0.5, 0.6) is 0 Å². The summed E-state index contributed by atoms with van der Waals surface area (Å²) in [6.07, 6.45) is -0.808. The molecule has 1 aliphatic carbocycles. The lowest BCUT2D eigenvalue weighted by molar-refractivity contribution is -0.137. The number of halogens is 3. The minimum atomic E-state index is -4.41. The van der Waals surface area contributed by atoms with Crippen molar-refractivity contribution in [1.29, 1.82) is 0 Å². The van der Waals surface area contributed by atoms with Gasteiger partial charge in [0.1, 0.15) is 0 Å². The topological polar surface area (TPSA) is 90.4 Å². The van der Waals surface area contributed by atoms with Gasteiger partial charge in [-0.15, -0.1) is 0 Å². The van der Waals surface area contributed by atoms with Crippen LogP contribution in [0.2, 0.25) is 0 Å². The molecule has 34 heavy (non-hydrogen) atoms. The molecule has 0 unspecified atom stereocenters. The minimum absolute atomic E-state index is 0.00837. The fourth-order valence-corrected chi connectivity index (χ4v) is 4.10. The predicted molar refractivity (Wildman–Crippen MR) is 119 cm³/mol. The molecule has 0 atom stereocenters. The van der Waals surface area contributed by atoms with Crippen LogP contribution in [0.25, 0.3) is 16.9 Å². The summed E-state index contributed by atoms with van der Waals surface area (Å²) in [4.78, 5) is 4.64. The molecule has 4 aromatic rings. The molecule has 0 saturated heterocycles. The number of benzene rings is 2. The van der Waals surface area contributed by atoms with E-state index in [1.54, 1.807) is 22.8 Å². The van der Waals surface area contributed by atoms with E-state index in [9.17, 15) is 21.6 Å². The highest BCUT2D eigenvalue weighted by atomic mass is 32.2. The van der Waals surface area contributed by atoms with Crippen molar-refractivity contribution in [2.24, 2.45) is 5.14 Å². The highest BCUT2D eigenvalue weighted by Crippen LogP contribution is 2.41. The van der Waals surface area contributed by atoms with Crippen molar-refractivity contribution < 1.29 is 21.6 Å². The van der Waals surface area contributed by atoms with Crippen molar-refractivity contribution in [1.82, 2.24) is 14.6 Å². The smallest absolute Gasteiger partial charge is 0.227 e. The Hall–Kier alpha value is -3.68. The molecule has 2 aromatic heterocycles. The molecule has 5 rings (SSSR count). The maximum Gasteiger partial charge on any atom is 0.416 e. The highest BCUT2D eigenvalue weighted by molar-refractivity contribution is 7.89. The van der Waals surface area contributed by atoms with Crippen LogP contribution in [-0.2, 0) is 16.2 Å². The van der Waals surface area contributed by atoms with E-state index in [0.29, 0.717) is 33.9 Å². The highest BCUT2D eigenvalue weighted by Gasteiger charge is 2.31. The average Bonchev–Trinajstić information content (AvgIpc) is 3.56. The van der Waals surface area contributed by atoms with E-state index in [4.69, 9.17) is 5.14 Å². The number of aromatic nitrogens is 3. The normalized spacial score (nSPS) is 14.1. The van der Waals surface area contributed by atoms with Gasteiger partial charge in [-0.1, -0.05) is 24.0 Å². The molecule has 1 saturated carbocycles. The largest absolute Gasteiger partial charge is 0.416 e. The lowest BCUT2D eigenvalue weighted by atomic mass is 10.1. The SMILES string of the molecule is NS(=O)(=O)c1ccc(C#Cc2cnn3c(C4CC4)cc(-c4ccc(C(F)(F)F)cc4)nc23)cc1. The second-order valence-corrected chi connectivity index (χ2v) is 9.59. The van der Waals surface area contributed by atoms with Crippen molar-refractivity contribution in [3.63, 3.8) is 0 Å². The van der Waals surface area contributed by atoms with Crippen LogP contribution in [0.4, 0.5) is 13.2 Å². The zero-order valence-electron chi connectivity index (χ0n) is 17.5. The van der Waals surface area contributed by atoms with Crippen LogP contribution in [0.3, 0.4) is 0 Å². The fraction of sp³-hybridized carbons (Fsp3) is 0.167. The summed E-state index contributed by atoms with van der Waals surface area (Å²) in [6, 6.07) is 12.6. The number of nitrogens with zero attached hydrogens (tertiary/aromatic N) is 3. The van der Waals surface area contributed by atoms with Crippen LogP contribution >= 0.6 is 0 Å². The molecule has 0 radical (unpaired) electrons. The molecule has 0 aliphatic heterocycles. The second kappa shape index (κ2) is 7.97. The maximum absolute atomic E-state index is 12.9. The Morgan fingerprint density at radius 1 is 1.00 bits per heavy atom. The first-order valence-electron chi connectivity index (χ1n) is 10.3. The van der Waals surface area contributed by atoms with Gasteiger partial charge in [0.15, 0.2) is 5.65 Å². The quantitative estimate of drug-likeness (QED) is 0.440. The molecule has 6 nitrogen and oxygen atoms in total. The summed E-state index contributed by atoms with van der Waals surface area (Å²) < 4.78 is 63.4. The lowest BCUT2D eigenvalue weighted by Gasteiger charge is -2.10. The number of alkyl halides is 3. The van der Waals surface area contributed by atoms with E-state index in [-0.39, 0.29) is 4.90 Å². The van der Waals surface area contributed by atoms with Gasteiger partial charge in [-0.3, -0.25) is 0 Å². The van der Waals surface area contributed by atoms with Gasteiger partial charge in [-0.25, -0.2) is 23.1 Å². The van der Waals surface area contributed by atoms with E-state index in [2.05, 4.69) is 21.9 Å². The molecular formula is C24H17F3N4O2S. The van der Waals surface area contributed by atoms with Gasteiger partial charge in [-0.05, 0) is 55.3 Å². The Kier molecular flexibility index (Phi) is 5.19. The van der Waals surface area contributed by atoms with Gasteiger partial charge in [-0.2, -0.15) is 18.3 Å².